The summed E-state index contributed by atoms with van der Waals surface area (Å²) >= 11 is 0. The zero-order valence-electron chi connectivity index (χ0n) is 11.9. The predicted molar refractivity (Wildman–Crippen MR) is 77.8 cm³/mol. The van der Waals surface area contributed by atoms with Gasteiger partial charge in [-0.05, 0) is 26.3 Å². The summed E-state index contributed by atoms with van der Waals surface area (Å²) in [6.45, 7) is 6.37. The van der Waals surface area contributed by atoms with Gasteiger partial charge in [0.2, 0.25) is 10.0 Å². The van der Waals surface area contributed by atoms with Crippen LogP contribution in [0.15, 0.2) is 35.2 Å². The highest BCUT2D eigenvalue weighted by Gasteiger charge is 2.23. The van der Waals surface area contributed by atoms with Crippen molar-refractivity contribution in [1.29, 1.82) is 0 Å². The first-order valence-corrected chi connectivity index (χ1v) is 8.01. The second-order valence-corrected chi connectivity index (χ2v) is 6.33. The van der Waals surface area contributed by atoms with E-state index in [2.05, 4.69) is 9.82 Å². The first-order valence-electron chi connectivity index (χ1n) is 6.53. The molecule has 5 nitrogen and oxygen atoms in total. The van der Waals surface area contributed by atoms with Crippen LogP contribution >= 0.6 is 0 Å². The van der Waals surface area contributed by atoms with Gasteiger partial charge in [-0.25, -0.2) is 13.1 Å². The van der Waals surface area contributed by atoms with Gasteiger partial charge in [0, 0.05) is 13.1 Å². The van der Waals surface area contributed by atoms with Crippen LogP contribution < -0.4 is 4.72 Å². The van der Waals surface area contributed by atoms with Crippen molar-refractivity contribution in [3.63, 3.8) is 0 Å². The number of nitrogens with one attached hydrogen (secondary N) is 1. The van der Waals surface area contributed by atoms with Crippen LogP contribution in [0.2, 0.25) is 0 Å². The Bertz CT molecular complexity index is 691. The maximum absolute atomic E-state index is 12.4. The van der Waals surface area contributed by atoms with E-state index in [1.807, 2.05) is 37.3 Å². The first kappa shape index (κ1) is 14.7. The summed E-state index contributed by atoms with van der Waals surface area (Å²) in [6, 6.07) is 9.44. The van der Waals surface area contributed by atoms with Crippen molar-refractivity contribution in [2.75, 3.05) is 0 Å². The largest absolute Gasteiger partial charge is 0.268 e. The molecule has 1 aromatic carbocycles. The average molecular weight is 293 g/mol. The maximum Gasteiger partial charge on any atom is 0.244 e. The lowest BCUT2D eigenvalue weighted by Gasteiger charge is -2.07. The molecule has 0 saturated carbocycles. The highest BCUT2D eigenvalue weighted by molar-refractivity contribution is 7.89. The summed E-state index contributed by atoms with van der Waals surface area (Å²) in [5, 5.41) is 4.25. The molecule has 1 N–H and O–H groups in total. The van der Waals surface area contributed by atoms with Crippen LogP contribution in [0.4, 0.5) is 0 Å². The van der Waals surface area contributed by atoms with Gasteiger partial charge in [-0.15, -0.1) is 0 Å². The highest BCUT2D eigenvalue weighted by Crippen LogP contribution is 2.19. The molecular weight excluding hydrogens is 274 g/mol. The molecule has 0 unspecified atom stereocenters. The normalized spacial score (nSPS) is 11.8. The van der Waals surface area contributed by atoms with Crippen LogP contribution in [0.25, 0.3) is 0 Å². The van der Waals surface area contributed by atoms with Crippen LogP contribution in [0, 0.1) is 13.8 Å². The van der Waals surface area contributed by atoms with Gasteiger partial charge in [-0.3, -0.25) is 4.68 Å². The Balaban J connectivity index is 2.25. The van der Waals surface area contributed by atoms with Crippen LogP contribution in [-0.4, -0.2) is 18.2 Å². The van der Waals surface area contributed by atoms with Gasteiger partial charge in [0.15, 0.2) is 0 Å². The van der Waals surface area contributed by atoms with Gasteiger partial charge >= 0.3 is 0 Å². The van der Waals surface area contributed by atoms with E-state index in [9.17, 15) is 8.42 Å². The third kappa shape index (κ3) is 2.91. The molecule has 0 aliphatic heterocycles. The van der Waals surface area contributed by atoms with Crippen LogP contribution in [0.5, 0.6) is 0 Å². The lowest BCUT2D eigenvalue weighted by Crippen LogP contribution is -2.24. The minimum absolute atomic E-state index is 0.277. The first-order chi connectivity index (χ1) is 9.45. The minimum atomic E-state index is -3.54. The van der Waals surface area contributed by atoms with Crippen molar-refractivity contribution in [3.05, 3.63) is 47.3 Å². The van der Waals surface area contributed by atoms with E-state index in [1.165, 1.54) is 0 Å². The van der Waals surface area contributed by atoms with Gasteiger partial charge < -0.3 is 0 Å². The fourth-order valence-corrected chi connectivity index (χ4v) is 3.65. The summed E-state index contributed by atoms with van der Waals surface area (Å²) in [7, 11) is -3.54. The molecule has 0 aliphatic rings. The predicted octanol–water partition coefficient (Wildman–Crippen LogP) is 2.00. The van der Waals surface area contributed by atoms with Crippen molar-refractivity contribution < 1.29 is 8.42 Å². The molecule has 108 valence electrons. The Morgan fingerprint density at radius 1 is 1.20 bits per heavy atom. The zero-order chi connectivity index (χ0) is 14.8. The van der Waals surface area contributed by atoms with Gasteiger partial charge in [0.05, 0.1) is 11.4 Å². The fraction of sp³-hybridized carbons (Fsp3) is 0.357. The Kier molecular flexibility index (Phi) is 4.25. The van der Waals surface area contributed by atoms with E-state index in [-0.39, 0.29) is 11.4 Å². The lowest BCUT2D eigenvalue weighted by atomic mass is 10.2. The number of aromatic nitrogens is 2. The third-order valence-corrected chi connectivity index (χ3v) is 4.85. The fourth-order valence-electron chi connectivity index (χ4n) is 2.22. The molecule has 6 heteroatoms. The molecule has 20 heavy (non-hydrogen) atoms. The van der Waals surface area contributed by atoms with E-state index in [0.29, 0.717) is 17.9 Å². The number of hydrogen-bond acceptors (Lipinski definition) is 3. The smallest absolute Gasteiger partial charge is 0.244 e. The number of rotatable bonds is 5. The monoisotopic (exact) mass is 293 g/mol. The molecular formula is C14H19N3O2S. The Morgan fingerprint density at radius 2 is 1.85 bits per heavy atom. The van der Waals surface area contributed by atoms with Crippen LogP contribution in [-0.2, 0) is 23.1 Å². The molecule has 0 radical (unpaired) electrons. The van der Waals surface area contributed by atoms with Gasteiger partial charge in [-0.1, -0.05) is 30.3 Å². The van der Waals surface area contributed by atoms with Crippen LogP contribution in [0.3, 0.4) is 0 Å². The quantitative estimate of drug-likeness (QED) is 0.917. The topological polar surface area (TPSA) is 64.0 Å². The van der Waals surface area contributed by atoms with Crippen LogP contribution in [0.1, 0.15) is 23.9 Å². The molecule has 1 aromatic heterocycles. The highest BCUT2D eigenvalue weighted by atomic mass is 32.2. The third-order valence-electron chi connectivity index (χ3n) is 3.19. The summed E-state index contributed by atoms with van der Waals surface area (Å²) in [6.07, 6.45) is 0. The van der Waals surface area contributed by atoms with E-state index in [0.717, 1.165) is 5.56 Å². The molecule has 0 bridgehead atoms. The number of hydrogen-bond donors (Lipinski definition) is 1. The van der Waals surface area contributed by atoms with Gasteiger partial charge in [0.25, 0.3) is 0 Å². The lowest BCUT2D eigenvalue weighted by molar-refractivity contribution is 0.579. The number of nitrogens with zero attached hydrogens (tertiary/aromatic N) is 2. The molecule has 0 saturated heterocycles. The molecule has 0 spiro atoms. The van der Waals surface area contributed by atoms with Crippen molar-refractivity contribution in [2.45, 2.75) is 38.8 Å². The van der Waals surface area contributed by atoms with Crippen molar-refractivity contribution >= 4 is 10.0 Å². The van der Waals surface area contributed by atoms with E-state index >= 15 is 0 Å². The summed E-state index contributed by atoms with van der Waals surface area (Å²) < 4.78 is 29.2. The number of sulfonamides is 1. The summed E-state index contributed by atoms with van der Waals surface area (Å²) in [5.74, 6) is 0. The standard InChI is InChI=1S/C14H19N3O2S/c1-4-17-12(3)14(11(2)16-17)20(18,19)15-10-13-8-6-5-7-9-13/h5-9,15H,4,10H2,1-3H3. The van der Waals surface area contributed by atoms with Crippen molar-refractivity contribution in [2.24, 2.45) is 0 Å². The summed E-state index contributed by atoms with van der Waals surface area (Å²) in [4.78, 5) is 0.287. The van der Waals surface area contributed by atoms with E-state index < -0.39 is 10.0 Å². The van der Waals surface area contributed by atoms with Crippen molar-refractivity contribution in [1.82, 2.24) is 14.5 Å². The summed E-state index contributed by atoms with van der Waals surface area (Å²) in [5.41, 5.74) is 2.13. The second kappa shape index (κ2) is 5.76. The molecule has 0 aliphatic carbocycles. The Hall–Kier alpha value is -1.66. The molecule has 1 heterocycles. The molecule has 0 amide bonds. The average Bonchev–Trinajstić information content (AvgIpc) is 2.73. The number of aryl methyl sites for hydroxylation is 2. The van der Waals surface area contributed by atoms with E-state index in [4.69, 9.17) is 0 Å². The minimum Gasteiger partial charge on any atom is -0.268 e. The molecule has 2 rings (SSSR count). The molecule has 2 aromatic rings. The van der Waals surface area contributed by atoms with Gasteiger partial charge in [0.1, 0.15) is 4.90 Å². The molecule has 0 atom stereocenters. The number of benzene rings is 1. The zero-order valence-corrected chi connectivity index (χ0v) is 12.7. The maximum atomic E-state index is 12.4. The second-order valence-electron chi connectivity index (χ2n) is 4.63. The molecule has 0 fully saturated rings. The Labute approximate surface area is 119 Å². The van der Waals surface area contributed by atoms with Gasteiger partial charge in [-0.2, -0.15) is 5.10 Å². The Morgan fingerprint density at radius 3 is 2.40 bits per heavy atom. The van der Waals surface area contributed by atoms with E-state index in [1.54, 1.807) is 18.5 Å². The SMILES string of the molecule is CCn1nc(C)c(S(=O)(=O)NCc2ccccc2)c1C. The van der Waals surface area contributed by atoms with Crippen molar-refractivity contribution in [3.8, 4) is 0 Å².